The smallest absolute Gasteiger partial charge is 0.260 e. The molecule has 1 heterocycles. The van der Waals surface area contributed by atoms with Gasteiger partial charge in [-0.25, -0.2) is 18.1 Å². The van der Waals surface area contributed by atoms with E-state index < -0.39 is 10.0 Å². The SMILES string of the molecule is CCNc1cccnc1S(=O)(=O)NC(C)CSCC. The maximum Gasteiger partial charge on any atom is 0.260 e. The van der Waals surface area contributed by atoms with E-state index in [2.05, 4.69) is 15.0 Å². The van der Waals surface area contributed by atoms with Crippen molar-refractivity contribution in [3.8, 4) is 0 Å². The van der Waals surface area contributed by atoms with Gasteiger partial charge in [0.1, 0.15) is 0 Å². The van der Waals surface area contributed by atoms with Crippen LogP contribution in [0.2, 0.25) is 0 Å². The van der Waals surface area contributed by atoms with Gasteiger partial charge in [-0.3, -0.25) is 0 Å². The van der Waals surface area contributed by atoms with Crippen LogP contribution < -0.4 is 10.0 Å². The summed E-state index contributed by atoms with van der Waals surface area (Å²) in [6.07, 6.45) is 1.49. The molecular formula is C12H21N3O2S2. The quantitative estimate of drug-likeness (QED) is 0.768. The highest BCUT2D eigenvalue weighted by Crippen LogP contribution is 2.18. The first-order valence-electron chi connectivity index (χ1n) is 6.30. The Labute approximate surface area is 119 Å². The topological polar surface area (TPSA) is 71.1 Å². The Kier molecular flexibility index (Phi) is 6.60. The Balaban J connectivity index is 2.88. The van der Waals surface area contributed by atoms with E-state index in [1.165, 1.54) is 6.20 Å². The summed E-state index contributed by atoms with van der Waals surface area (Å²) in [6.45, 7) is 6.47. The highest BCUT2D eigenvalue weighted by Gasteiger charge is 2.21. The Bertz CT molecular complexity index is 492. The molecule has 0 aliphatic carbocycles. The zero-order valence-corrected chi connectivity index (χ0v) is 13.1. The summed E-state index contributed by atoms with van der Waals surface area (Å²) < 4.78 is 27.2. The van der Waals surface area contributed by atoms with Crippen LogP contribution >= 0.6 is 11.8 Å². The first kappa shape index (κ1) is 16.3. The molecular weight excluding hydrogens is 282 g/mol. The van der Waals surface area contributed by atoms with Crippen LogP contribution in [0.3, 0.4) is 0 Å². The molecule has 5 nitrogen and oxygen atoms in total. The van der Waals surface area contributed by atoms with Gasteiger partial charge in [0.15, 0.2) is 5.03 Å². The summed E-state index contributed by atoms with van der Waals surface area (Å²) >= 11 is 1.70. The van der Waals surface area contributed by atoms with Crippen LogP contribution in [0.25, 0.3) is 0 Å². The van der Waals surface area contributed by atoms with Gasteiger partial charge in [-0.1, -0.05) is 6.92 Å². The van der Waals surface area contributed by atoms with Gasteiger partial charge >= 0.3 is 0 Å². The number of aromatic nitrogens is 1. The van der Waals surface area contributed by atoms with Crippen LogP contribution in [0.5, 0.6) is 0 Å². The van der Waals surface area contributed by atoms with Gasteiger partial charge in [-0.15, -0.1) is 0 Å². The highest BCUT2D eigenvalue weighted by molar-refractivity contribution is 7.99. The number of hydrogen-bond donors (Lipinski definition) is 2. The van der Waals surface area contributed by atoms with Crippen LogP contribution in [0.1, 0.15) is 20.8 Å². The Hall–Kier alpha value is -0.790. The average molecular weight is 303 g/mol. The van der Waals surface area contributed by atoms with E-state index in [0.29, 0.717) is 12.2 Å². The Morgan fingerprint density at radius 3 is 2.79 bits per heavy atom. The van der Waals surface area contributed by atoms with Gasteiger partial charge in [0.25, 0.3) is 10.0 Å². The maximum atomic E-state index is 12.3. The Morgan fingerprint density at radius 2 is 2.16 bits per heavy atom. The van der Waals surface area contributed by atoms with Crippen molar-refractivity contribution in [2.24, 2.45) is 0 Å². The van der Waals surface area contributed by atoms with E-state index in [1.54, 1.807) is 23.9 Å². The first-order valence-corrected chi connectivity index (χ1v) is 8.94. The number of hydrogen-bond acceptors (Lipinski definition) is 5. The standard InChI is InChI=1S/C12H21N3O2S2/c1-4-13-11-7-6-8-14-12(11)19(16,17)15-10(3)9-18-5-2/h6-8,10,13,15H,4-5,9H2,1-3H3. The monoisotopic (exact) mass is 303 g/mol. The predicted octanol–water partition coefficient (Wildman–Crippen LogP) is 1.93. The van der Waals surface area contributed by atoms with Gasteiger partial charge < -0.3 is 5.32 Å². The summed E-state index contributed by atoms with van der Waals surface area (Å²) in [4.78, 5) is 3.98. The van der Waals surface area contributed by atoms with Gasteiger partial charge in [0.2, 0.25) is 0 Å². The fraction of sp³-hybridized carbons (Fsp3) is 0.583. The molecule has 1 atom stereocenters. The number of nitrogens with zero attached hydrogens (tertiary/aromatic N) is 1. The minimum atomic E-state index is -3.58. The van der Waals surface area contributed by atoms with E-state index in [4.69, 9.17) is 0 Å². The van der Waals surface area contributed by atoms with Crippen LogP contribution in [0.15, 0.2) is 23.4 Å². The lowest BCUT2D eigenvalue weighted by atomic mass is 10.4. The van der Waals surface area contributed by atoms with E-state index in [1.807, 2.05) is 20.8 Å². The van der Waals surface area contributed by atoms with E-state index in [-0.39, 0.29) is 11.1 Å². The van der Waals surface area contributed by atoms with Crippen molar-refractivity contribution in [1.82, 2.24) is 9.71 Å². The van der Waals surface area contributed by atoms with Crippen molar-refractivity contribution >= 4 is 27.5 Å². The Morgan fingerprint density at radius 1 is 1.42 bits per heavy atom. The second-order valence-electron chi connectivity index (χ2n) is 4.07. The van der Waals surface area contributed by atoms with Crippen LogP contribution in [-0.2, 0) is 10.0 Å². The van der Waals surface area contributed by atoms with E-state index in [0.717, 1.165) is 11.5 Å². The molecule has 1 unspecified atom stereocenters. The molecule has 0 amide bonds. The zero-order valence-electron chi connectivity index (χ0n) is 11.5. The molecule has 19 heavy (non-hydrogen) atoms. The summed E-state index contributed by atoms with van der Waals surface area (Å²) in [7, 11) is -3.58. The third-order valence-corrected chi connectivity index (χ3v) is 5.01. The van der Waals surface area contributed by atoms with Crippen molar-refractivity contribution in [3.63, 3.8) is 0 Å². The number of pyridine rings is 1. The zero-order chi connectivity index (χ0) is 14.3. The lowest BCUT2D eigenvalue weighted by Crippen LogP contribution is -2.35. The van der Waals surface area contributed by atoms with E-state index in [9.17, 15) is 8.42 Å². The lowest BCUT2D eigenvalue weighted by Gasteiger charge is -2.15. The third-order valence-electron chi connectivity index (χ3n) is 2.32. The minimum absolute atomic E-state index is 0.0604. The van der Waals surface area contributed by atoms with Crippen LogP contribution in [0, 0.1) is 0 Å². The van der Waals surface area contributed by atoms with Crippen LogP contribution in [-0.4, -0.2) is 37.5 Å². The lowest BCUT2D eigenvalue weighted by molar-refractivity contribution is 0.567. The molecule has 0 radical (unpaired) electrons. The van der Waals surface area contributed by atoms with Crippen molar-refractivity contribution in [1.29, 1.82) is 0 Å². The van der Waals surface area contributed by atoms with Crippen molar-refractivity contribution < 1.29 is 8.42 Å². The molecule has 0 fully saturated rings. The third kappa shape index (κ3) is 5.00. The van der Waals surface area contributed by atoms with Gasteiger partial charge in [0.05, 0.1) is 5.69 Å². The van der Waals surface area contributed by atoms with Gasteiger partial charge in [-0.05, 0) is 31.7 Å². The first-order chi connectivity index (χ1) is 9.01. The second kappa shape index (κ2) is 7.72. The molecule has 0 saturated heterocycles. The van der Waals surface area contributed by atoms with Crippen molar-refractivity contribution in [3.05, 3.63) is 18.3 Å². The molecule has 2 N–H and O–H groups in total. The number of thioether (sulfide) groups is 1. The molecule has 7 heteroatoms. The maximum absolute atomic E-state index is 12.3. The number of anilines is 1. The van der Waals surface area contributed by atoms with Gasteiger partial charge in [0, 0.05) is 24.5 Å². The molecule has 1 rings (SSSR count). The summed E-state index contributed by atoms with van der Waals surface area (Å²) in [5.41, 5.74) is 0.535. The van der Waals surface area contributed by atoms with Crippen molar-refractivity contribution in [2.45, 2.75) is 31.8 Å². The average Bonchev–Trinajstić information content (AvgIpc) is 2.37. The van der Waals surface area contributed by atoms with E-state index >= 15 is 0 Å². The van der Waals surface area contributed by atoms with Crippen LogP contribution in [0.4, 0.5) is 5.69 Å². The largest absolute Gasteiger partial charge is 0.383 e. The summed E-state index contributed by atoms with van der Waals surface area (Å²) in [6, 6.07) is 3.32. The summed E-state index contributed by atoms with van der Waals surface area (Å²) in [5.74, 6) is 1.72. The molecule has 0 aliphatic heterocycles. The number of nitrogens with one attached hydrogen (secondary N) is 2. The fourth-order valence-electron chi connectivity index (χ4n) is 1.58. The summed E-state index contributed by atoms with van der Waals surface area (Å²) in [5, 5.41) is 3.07. The predicted molar refractivity (Wildman–Crippen MR) is 81.2 cm³/mol. The molecule has 1 aromatic heterocycles. The molecule has 1 aromatic rings. The number of rotatable bonds is 8. The molecule has 0 aliphatic rings. The number of sulfonamides is 1. The van der Waals surface area contributed by atoms with Gasteiger partial charge in [-0.2, -0.15) is 11.8 Å². The normalized spacial score (nSPS) is 13.2. The molecule has 0 aromatic carbocycles. The molecule has 0 spiro atoms. The molecule has 0 saturated carbocycles. The van der Waals surface area contributed by atoms with Crippen molar-refractivity contribution in [2.75, 3.05) is 23.4 Å². The molecule has 108 valence electrons. The highest BCUT2D eigenvalue weighted by atomic mass is 32.2. The molecule has 0 bridgehead atoms. The fourth-order valence-corrected chi connectivity index (χ4v) is 3.71. The minimum Gasteiger partial charge on any atom is -0.383 e. The second-order valence-corrected chi connectivity index (χ2v) is 7.02.